The zero-order chi connectivity index (χ0) is 19.9. The van der Waals surface area contributed by atoms with Gasteiger partial charge in [-0.05, 0) is 26.0 Å². The minimum absolute atomic E-state index is 0.00686. The molecule has 1 heterocycles. The molecule has 0 saturated heterocycles. The maximum absolute atomic E-state index is 14.0. The third-order valence-electron chi connectivity index (χ3n) is 3.91. The van der Waals surface area contributed by atoms with Gasteiger partial charge in [0.05, 0.1) is 5.56 Å². The summed E-state index contributed by atoms with van der Waals surface area (Å²) in [5, 5.41) is 7.78. The van der Waals surface area contributed by atoms with Crippen molar-refractivity contribution in [2.45, 2.75) is 19.4 Å². The third-order valence-corrected chi connectivity index (χ3v) is 3.91. The molecule has 0 aliphatic carbocycles. The summed E-state index contributed by atoms with van der Waals surface area (Å²) < 4.78 is 74.7. The van der Waals surface area contributed by atoms with E-state index in [1.165, 1.54) is 31.5 Å². The fraction of sp³-hybridized carbons (Fsp3) is 0.222. The Kier molecular flexibility index (Phi) is 4.63. The Morgan fingerprint density at radius 3 is 2.04 bits per heavy atom. The molecular weight excluding hydrogens is 369 g/mol. The van der Waals surface area contributed by atoms with Crippen LogP contribution in [0.2, 0.25) is 0 Å². The highest BCUT2D eigenvalue weighted by Crippen LogP contribution is 2.32. The molecule has 9 heteroatoms. The van der Waals surface area contributed by atoms with E-state index in [4.69, 9.17) is 4.74 Å². The second-order valence-corrected chi connectivity index (χ2v) is 6.34. The smallest absolute Gasteiger partial charge is 0.192 e. The van der Waals surface area contributed by atoms with Gasteiger partial charge in [0.25, 0.3) is 0 Å². The fourth-order valence-electron chi connectivity index (χ4n) is 2.69. The number of hydrogen-bond acceptors (Lipinski definition) is 3. The summed E-state index contributed by atoms with van der Waals surface area (Å²) >= 11 is 0. The molecule has 0 atom stereocenters. The lowest BCUT2D eigenvalue weighted by atomic mass is 10.1. The van der Waals surface area contributed by atoms with Gasteiger partial charge in [0.2, 0.25) is 0 Å². The molecular formula is C18H14F5N3O. The molecule has 2 aromatic carbocycles. The largest absolute Gasteiger partial charge is 0.474 e. The monoisotopic (exact) mass is 383 g/mol. The van der Waals surface area contributed by atoms with Crippen LogP contribution in [0.25, 0.3) is 11.4 Å². The molecule has 0 bridgehead atoms. The molecule has 3 rings (SSSR count). The van der Waals surface area contributed by atoms with E-state index in [0.29, 0.717) is 18.2 Å². The molecule has 27 heavy (non-hydrogen) atoms. The van der Waals surface area contributed by atoms with Crippen LogP contribution in [0.5, 0.6) is 5.75 Å². The summed E-state index contributed by atoms with van der Waals surface area (Å²) in [6.07, 6.45) is 0. The van der Waals surface area contributed by atoms with Gasteiger partial charge >= 0.3 is 0 Å². The summed E-state index contributed by atoms with van der Waals surface area (Å²) in [4.78, 5) is 0. The lowest BCUT2D eigenvalue weighted by molar-refractivity contribution is 0.0833. The van der Waals surface area contributed by atoms with Crippen molar-refractivity contribution in [2.75, 3.05) is 0 Å². The molecule has 0 amide bonds. The predicted octanol–water partition coefficient (Wildman–Crippen LogP) is 4.49. The maximum Gasteiger partial charge on any atom is 0.192 e. The number of nitrogens with zero attached hydrogens (tertiary/aromatic N) is 3. The van der Waals surface area contributed by atoms with E-state index in [0.717, 1.165) is 6.07 Å². The average Bonchev–Trinajstić information content (AvgIpc) is 2.93. The normalized spacial score (nSPS) is 11.7. The summed E-state index contributed by atoms with van der Waals surface area (Å²) in [6, 6.07) is 3.95. The molecule has 4 nitrogen and oxygen atoms in total. The molecule has 0 saturated carbocycles. The van der Waals surface area contributed by atoms with Crippen molar-refractivity contribution < 1.29 is 26.7 Å². The van der Waals surface area contributed by atoms with E-state index in [1.54, 1.807) is 0 Å². The zero-order valence-corrected chi connectivity index (χ0v) is 14.5. The van der Waals surface area contributed by atoms with E-state index in [9.17, 15) is 22.0 Å². The van der Waals surface area contributed by atoms with Gasteiger partial charge in [0.15, 0.2) is 34.6 Å². The molecule has 142 valence electrons. The molecule has 0 spiro atoms. The van der Waals surface area contributed by atoms with E-state index in [2.05, 4.69) is 10.2 Å². The van der Waals surface area contributed by atoms with Gasteiger partial charge in [-0.1, -0.05) is 0 Å². The molecule has 3 aromatic rings. The molecule has 0 radical (unpaired) electrons. The SMILES string of the molecule is Cn1c(-c2ccc(F)cc2F)nnc1C(C)(C)Oc1c(F)cc(F)cc1F. The lowest BCUT2D eigenvalue weighted by Crippen LogP contribution is -2.30. The van der Waals surface area contributed by atoms with Crippen LogP contribution in [0.1, 0.15) is 19.7 Å². The Labute approximate surface area is 151 Å². The van der Waals surface area contributed by atoms with Crippen molar-refractivity contribution in [3.8, 4) is 17.1 Å². The highest BCUT2D eigenvalue weighted by Gasteiger charge is 2.32. The highest BCUT2D eigenvalue weighted by molar-refractivity contribution is 5.56. The second-order valence-electron chi connectivity index (χ2n) is 6.34. The lowest BCUT2D eigenvalue weighted by Gasteiger charge is -2.26. The number of ether oxygens (including phenoxy) is 1. The first-order valence-corrected chi connectivity index (χ1v) is 7.79. The van der Waals surface area contributed by atoms with Crippen molar-refractivity contribution >= 4 is 0 Å². The molecule has 0 N–H and O–H groups in total. The van der Waals surface area contributed by atoms with Gasteiger partial charge in [0, 0.05) is 25.2 Å². The minimum atomic E-state index is -1.41. The second kappa shape index (κ2) is 6.64. The van der Waals surface area contributed by atoms with Crippen molar-refractivity contribution in [2.24, 2.45) is 7.05 Å². The Morgan fingerprint density at radius 2 is 1.44 bits per heavy atom. The molecule has 0 aliphatic heterocycles. The Hall–Kier alpha value is -2.97. The predicted molar refractivity (Wildman–Crippen MR) is 86.3 cm³/mol. The summed E-state index contributed by atoms with van der Waals surface area (Å²) in [6.45, 7) is 2.92. The highest BCUT2D eigenvalue weighted by atomic mass is 19.2. The molecule has 0 aliphatic rings. The van der Waals surface area contributed by atoms with Crippen LogP contribution in [0.4, 0.5) is 22.0 Å². The van der Waals surface area contributed by atoms with Gasteiger partial charge < -0.3 is 9.30 Å². The van der Waals surface area contributed by atoms with Crippen LogP contribution >= 0.6 is 0 Å². The van der Waals surface area contributed by atoms with Crippen molar-refractivity contribution in [1.29, 1.82) is 0 Å². The van der Waals surface area contributed by atoms with Crippen LogP contribution in [-0.2, 0) is 12.6 Å². The number of aromatic nitrogens is 3. The molecule has 1 aromatic heterocycles. The van der Waals surface area contributed by atoms with Gasteiger partial charge in [0.1, 0.15) is 17.5 Å². The van der Waals surface area contributed by atoms with Crippen LogP contribution in [0, 0.1) is 29.1 Å². The van der Waals surface area contributed by atoms with Crippen LogP contribution in [0.15, 0.2) is 30.3 Å². The Morgan fingerprint density at radius 1 is 0.852 bits per heavy atom. The third kappa shape index (κ3) is 3.49. The van der Waals surface area contributed by atoms with Crippen LogP contribution < -0.4 is 4.74 Å². The standard InChI is InChI=1S/C18H14F5N3O/c1-18(2,27-15-13(22)7-10(20)8-14(15)23)17-25-24-16(26(17)3)11-5-4-9(19)6-12(11)21/h4-8H,1-3H3. The molecule has 0 fully saturated rings. The first kappa shape index (κ1) is 18.8. The summed E-state index contributed by atoms with van der Waals surface area (Å²) in [5.74, 6) is -5.69. The Balaban J connectivity index is 2.00. The quantitative estimate of drug-likeness (QED) is 0.623. The van der Waals surface area contributed by atoms with Gasteiger partial charge in [-0.15, -0.1) is 10.2 Å². The van der Waals surface area contributed by atoms with E-state index >= 15 is 0 Å². The Bertz CT molecular complexity index is 993. The summed E-state index contributed by atoms with van der Waals surface area (Å²) in [7, 11) is 1.50. The van der Waals surface area contributed by atoms with E-state index < -0.39 is 40.4 Å². The number of benzene rings is 2. The zero-order valence-electron chi connectivity index (χ0n) is 14.5. The number of hydrogen-bond donors (Lipinski definition) is 0. The fourth-order valence-corrected chi connectivity index (χ4v) is 2.69. The number of halogens is 5. The van der Waals surface area contributed by atoms with E-state index in [1.807, 2.05) is 0 Å². The van der Waals surface area contributed by atoms with Crippen LogP contribution in [0.3, 0.4) is 0 Å². The first-order chi connectivity index (χ1) is 12.6. The number of rotatable bonds is 4. The maximum atomic E-state index is 14.0. The van der Waals surface area contributed by atoms with Crippen molar-refractivity contribution in [1.82, 2.24) is 14.8 Å². The topological polar surface area (TPSA) is 39.9 Å². The average molecular weight is 383 g/mol. The van der Waals surface area contributed by atoms with Crippen LogP contribution in [-0.4, -0.2) is 14.8 Å². The van der Waals surface area contributed by atoms with Crippen molar-refractivity contribution in [3.63, 3.8) is 0 Å². The first-order valence-electron chi connectivity index (χ1n) is 7.79. The minimum Gasteiger partial charge on any atom is -0.474 e. The van der Waals surface area contributed by atoms with Gasteiger partial charge in [-0.25, -0.2) is 22.0 Å². The summed E-state index contributed by atoms with van der Waals surface area (Å²) in [5.41, 5.74) is -1.41. The van der Waals surface area contributed by atoms with Gasteiger partial charge in [-0.2, -0.15) is 0 Å². The van der Waals surface area contributed by atoms with E-state index in [-0.39, 0.29) is 17.2 Å². The van der Waals surface area contributed by atoms with Gasteiger partial charge in [-0.3, -0.25) is 0 Å². The molecule has 0 unspecified atom stereocenters. The van der Waals surface area contributed by atoms with Crippen molar-refractivity contribution in [3.05, 3.63) is 65.2 Å².